The molecule has 13 heavy (non-hydrogen) atoms. The molecule has 5 heteroatoms. The van der Waals surface area contributed by atoms with Crippen molar-refractivity contribution in [2.24, 2.45) is 0 Å². The molecular formula is C8H12F3IO. The molecule has 1 nitrogen and oxygen atoms in total. The molecule has 2 atom stereocenters. The zero-order valence-corrected chi connectivity index (χ0v) is 9.27. The second-order valence-corrected chi connectivity index (χ2v) is 4.17. The number of halogens is 4. The van der Waals surface area contributed by atoms with Crippen molar-refractivity contribution in [2.45, 2.75) is 44.1 Å². The minimum Gasteiger partial charge on any atom is -0.374 e. The van der Waals surface area contributed by atoms with Crippen molar-refractivity contribution >= 4 is 22.6 Å². The molecular weight excluding hydrogens is 296 g/mol. The standard InChI is InChI=1S/C8H12F3IO/c9-8(10,11)4-6-2-1-3-7(5-12)13-6/h6-7H,1-5H2. The monoisotopic (exact) mass is 308 g/mol. The largest absolute Gasteiger partial charge is 0.391 e. The van der Waals surface area contributed by atoms with E-state index in [-0.39, 0.29) is 6.10 Å². The topological polar surface area (TPSA) is 9.23 Å². The lowest BCUT2D eigenvalue weighted by atomic mass is 10.0. The number of alkyl halides is 4. The Kier molecular flexibility index (Phi) is 4.28. The molecule has 0 amide bonds. The first-order valence-electron chi connectivity index (χ1n) is 4.29. The Hall–Kier alpha value is 0.480. The van der Waals surface area contributed by atoms with Crippen molar-refractivity contribution in [3.63, 3.8) is 0 Å². The van der Waals surface area contributed by atoms with Crippen LogP contribution in [-0.4, -0.2) is 22.8 Å². The summed E-state index contributed by atoms with van der Waals surface area (Å²) >= 11 is 2.15. The molecule has 1 saturated heterocycles. The Bertz CT molecular complexity index is 160. The predicted octanol–water partition coefficient (Wildman–Crippen LogP) is 3.31. The average Bonchev–Trinajstić information content (AvgIpc) is 2.01. The summed E-state index contributed by atoms with van der Waals surface area (Å²) in [6.07, 6.45) is -3.15. The molecule has 0 saturated carbocycles. The molecule has 2 unspecified atom stereocenters. The van der Waals surface area contributed by atoms with E-state index in [0.717, 1.165) is 17.3 Å². The van der Waals surface area contributed by atoms with E-state index in [9.17, 15) is 13.2 Å². The molecule has 0 aliphatic carbocycles. The van der Waals surface area contributed by atoms with Gasteiger partial charge in [-0.25, -0.2) is 0 Å². The first-order chi connectivity index (χ1) is 6.01. The third kappa shape index (κ3) is 4.49. The van der Waals surface area contributed by atoms with E-state index < -0.39 is 18.7 Å². The molecule has 1 fully saturated rings. The van der Waals surface area contributed by atoms with E-state index in [2.05, 4.69) is 22.6 Å². The van der Waals surface area contributed by atoms with Crippen LogP contribution in [0.4, 0.5) is 13.2 Å². The number of hydrogen-bond acceptors (Lipinski definition) is 1. The summed E-state index contributed by atoms with van der Waals surface area (Å²) < 4.78 is 42.0. The molecule has 1 aliphatic rings. The second kappa shape index (κ2) is 4.82. The van der Waals surface area contributed by atoms with Crippen LogP contribution in [0, 0.1) is 0 Å². The Morgan fingerprint density at radius 2 is 1.85 bits per heavy atom. The van der Waals surface area contributed by atoms with Crippen molar-refractivity contribution in [3.05, 3.63) is 0 Å². The molecule has 0 N–H and O–H groups in total. The van der Waals surface area contributed by atoms with Gasteiger partial charge in [-0.2, -0.15) is 13.2 Å². The van der Waals surface area contributed by atoms with Crippen LogP contribution in [0.3, 0.4) is 0 Å². The molecule has 0 bridgehead atoms. The molecule has 1 aliphatic heterocycles. The molecule has 1 heterocycles. The highest BCUT2D eigenvalue weighted by Gasteiger charge is 2.34. The van der Waals surface area contributed by atoms with Crippen LogP contribution in [0.5, 0.6) is 0 Å². The summed E-state index contributed by atoms with van der Waals surface area (Å²) in [4.78, 5) is 0. The summed E-state index contributed by atoms with van der Waals surface area (Å²) in [7, 11) is 0. The third-order valence-electron chi connectivity index (χ3n) is 2.07. The van der Waals surface area contributed by atoms with Crippen LogP contribution >= 0.6 is 22.6 Å². The molecule has 0 spiro atoms. The zero-order valence-electron chi connectivity index (χ0n) is 7.11. The Balaban J connectivity index is 2.34. The summed E-state index contributed by atoms with van der Waals surface area (Å²) in [6, 6.07) is 0. The third-order valence-corrected chi connectivity index (χ3v) is 3.05. The Morgan fingerprint density at radius 3 is 2.38 bits per heavy atom. The van der Waals surface area contributed by atoms with E-state index in [0.29, 0.717) is 6.42 Å². The average molecular weight is 308 g/mol. The minimum atomic E-state index is -4.09. The number of ether oxygens (including phenoxy) is 1. The highest BCUT2D eigenvalue weighted by atomic mass is 127. The first-order valence-corrected chi connectivity index (χ1v) is 5.82. The van der Waals surface area contributed by atoms with Gasteiger partial charge in [-0.15, -0.1) is 0 Å². The van der Waals surface area contributed by atoms with E-state index in [1.54, 1.807) is 0 Å². The van der Waals surface area contributed by atoms with Gasteiger partial charge in [0.1, 0.15) is 0 Å². The SMILES string of the molecule is FC(F)(F)CC1CCCC(CI)O1. The summed E-state index contributed by atoms with van der Waals surface area (Å²) in [5.41, 5.74) is 0. The van der Waals surface area contributed by atoms with Gasteiger partial charge >= 0.3 is 6.18 Å². The number of rotatable bonds is 2. The van der Waals surface area contributed by atoms with Crippen molar-refractivity contribution in [1.29, 1.82) is 0 Å². The molecule has 0 radical (unpaired) electrons. The summed E-state index contributed by atoms with van der Waals surface area (Å²) in [5.74, 6) is 0. The minimum absolute atomic E-state index is 0.0294. The quantitative estimate of drug-likeness (QED) is 0.562. The van der Waals surface area contributed by atoms with E-state index in [4.69, 9.17) is 4.74 Å². The smallest absolute Gasteiger partial charge is 0.374 e. The molecule has 1 rings (SSSR count). The maximum absolute atomic E-state index is 12.0. The second-order valence-electron chi connectivity index (χ2n) is 3.28. The molecule has 0 aromatic rings. The van der Waals surface area contributed by atoms with E-state index >= 15 is 0 Å². The van der Waals surface area contributed by atoms with Crippen LogP contribution in [0.25, 0.3) is 0 Å². The fourth-order valence-electron chi connectivity index (χ4n) is 1.50. The summed E-state index contributed by atoms with van der Waals surface area (Å²) in [6.45, 7) is 0. The molecule has 78 valence electrons. The molecule has 0 aromatic carbocycles. The fourth-order valence-corrected chi connectivity index (χ4v) is 2.15. The van der Waals surface area contributed by atoms with Gasteiger partial charge in [0.25, 0.3) is 0 Å². The van der Waals surface area contributed by atoms with Gasteiger partial charge in [0.15, 0.2) is 0 Å². The van der Waals surface area contributed by atoms with Crippen LogP contribution in [0.2, 0.25) is 0 Å². The van der Waals surface area contributed by atoms with Gasteiger partial charge in [-0.3, -0.25) is 0 Å². The lowest BCUT2D eigenvalue weighted by molar-refractivity contribution is -0.173. The van der Waals surface area contributed by atoms with Crippen molar-refractivity contribution in [2.75, 3.05) is 4.43 Å². The van der Waals surface area contributed by atoms with Gasteiger partial charge in [0.05, 0.1) is 18.6 Å². The highest BCUT2D eigenvalue weighted by Crippen LogP contribution is 2.29. The van der Waals surface area contributed by atoms with E-state index in [1.807, 2.05) is 0 Å². The van der Waals surface area contributed by atoms with Crippen molar-refractivity contribution < 1.29 is 17.9 Å². The summed E-state index contributed by atoms with van der Waals surface area (Å²) in [5, 5.41) is 0. The van der Waals surface area contributed by atoms with Gasteiger partial charge in [-0.1, -0.05) is 22.6 Å². The first kappa shape index (κ1) is 11.6. The lowest BCUT2D eigenvalue weighted by Crippen LogP contribution is -2.32. The van der Waals surface area contributed by atoms with Crippen molar-refractivity contribution in [3.8, 4) is 0 Å². The van der Waals surface area contributed by atoms with Crippen LogP contribution < -0.4 is 0 Å². The van der Waals surface area contributed by atoms with Crippen LogP contribution in [-0.2, 0) is 4.74 Å². The predicted molar refractivity (Wildman–Crippen MR) is 52.1 cm³/mol. The van der Waals surface area contributed by atoms with Crippen LogP contribution in [0.15, 0.2) is 0 Å². The lowest BCUT2D eigenvalue weighted by Gasteiger charge is -2.29. The van der Waals surface area contributed by atoms with Gasteiger partial charge in [0.2, 0.25) is 0 Å². The fraction of sp³-hybridized carbons (Fsp3) is 1.00. The van der Waals surface area contributed by atoms with E-state index in [1.165, 1.54) is 0 Å². The Labute approximate surface area is 89.2 Å². The van der Waals surface area contributed by atoms with Gasteiger partial charge in [-0.05, 0) is 19.3 Å². The molecule has 0 aromatic heterocycles. The number of hydrogen-bond donors (Lipinski definition) is 0. The normalized spacial score (nSPS) is 30.5. The Morgan fingerprint density at radius 1 is 1.23 bits per heavy atom. The van der Waals surface area contributed by atoms with Gasteiger partial charge in [0, 0.05) is 4.43 Å². The highest BCUT2D eigenvalue weighted by molar-refractivity contribution is 14.1. The van der Waals surface area contributed by atoms with Crippen molar-refractivity contribution in [1.82, 2.24) is 0 Å². The maximum Gasteiger partial charge on any atom is 0.391 e. The zero-order chi connectivity index (χ0) is 9.90. The van der Waals surface area contributed by atoms with Gasteiger partial charge < -0.3 is 4.74 Å². The van der Waals surface area contributed by atoms with Crippen LogP contribution in [0.1, 0.15) is 25.7 Å². The maximum atomic E-state index is 12.0.